The molecule has 2 unspecified atom stereocenters. The molecule has 6 heteroatoms. The van der Waals surface area contributed by atoms with Crippen LogP contribution in [0.1, 0.15) is 33.1 Å². The van der Waals surface area contributed by atoms with Crippen molar-refractivity contribution in [1.29, 1.82) is 0 Å². The van der Waals surface area contributed by atoms with E-state index in [-0.39, 0.29) is 17.7 Å². The van der Waals surface area contributed by atoms with Crippen LogP contribution in [-0.4, -0.2) is 34.2 Å². The van der Waals surface area contributed by atoms with Crippen molar-refractivity contribution in [3.63, 3.8) is 0 Å². The van der Waals surface area contributed by atoms with E-state index in [1.165, 1.54) is 10.5 Å². The van der Waals surface area contributed by atoms with E-state index in [2.05, 4.69) is 27.9 Å². The van der Waals surface area contributed by atoms with Crippen molar-refractivity contribution in [3.8, 4) is 0 Å². The average molecular weight is 362 g/mol. The van der Waals surface area contributed by atoms with Crippen LogP contribution >= 0.6 is 22.6 Å². The van der Waals surface area contributed by atoms with Crippen LogP contribution in [0.2, 0.25) is 0 Å². The largest absolute Gasteiger partial charge is 0.340 e. The van der Waals surface area contributed by atoms with E-state index in [4.69, 9.17) is 0 Å². The van der Waals surface area contributed by atoms with Crippen molar-refractivity contribution in [2.75, 3.05) is 0 Å². The normalized spacial score (nSPS) is 32.3. The Kier molecular flexibility index (Phi) is 3.48. The summed E-state index contributed by atoms with van der Waals surface area (Å²) < 4.78 is 1.19. The van der Waals surface area contributed by atoms with Gasteiger partial charge in [-0.05, 0) is 52.4 Å². The lowest BCUT2D eigenvalue weighted by molar-refractivity contribution is -0.161. The fraction of sp³-hybridized carbons (Fsp3) is 0.583. The minimum atomic E-state index is -0.913. The molecule has 1 spiro atoms. The summed E-state index contributed by atoms with van der Waals surface area (Å²) in [4.78, 5) is 37.0. The minimum Gasteiger partial charge on any atom is -0.340 e. The molecule has 2 rings (SSSR count). The van der Waals surface area contributed by atoms with Crippen molar-refractivity contribution in [3.05, 3.63) is 9.66 Å². The molecule has 0 saturated carbocycles. The third kappa shape index (κ3) is 2.06. The number of nitrogens with zero attached hydrogens (tertiary/aromatic N) is 1. The molecule has 1 fully saturated rings. The second-order valence-corrected chi connectivity index (χ2v) is 6.18. The Labute approximate surface area is 119 Å². The summed E-state index contributed by atoms with van der Waals surface area (Å²) in [7, 11) is 0. The predicted molar refractivity (Wildman–Crippen MR) is 73.8 cm³/mol. The van der Waals surface area contributed by atoms with Crippen molar-refractivity contribution in [2.45, 2.75) is 44.7 Å². The standard InChI is InChI=1S/C12H15IN2O3/c1-7-10(17)14-12(5-3-9(13)4-6-12)11(18)15(7)8(2)16/h3,7H,4-6H2,1-2H3,(H,14,17). The maximum Gasteiger partial charge on any atom is 0.255 e. The summed E-state index contributed by atoms with van der Waals surface area (Å²) in [6.45, 7) is 2.90. The maximum atomic E-state index is 12.5. The highest BCUT2D eigenvalue weighted by molar-refractivity contribution is 14.1. The molecule has 2 atom stereocenters. The van der Waals surface area contributed by atoms with Crippen LogP contribution in [0.15, 0.2) is 9.66 Å². The van der Waals surface area contributed by atoms with Gasteiger partial charge in [-0.2, -0.15) is 0 Å². The van der Waals surface area contributed by atoms with Crippen molar-refractivity contribution in [1.82, 2.24) is 10.2 Å². The van der Waals surface area contributed by atoms with E-state index < -0.39 is 11.6 Å². The van der Waals surface area contributed by atoms with Crippen LogP contribution < -0.4 is 5.32 Å². The van der Waals surface area contributed by atoms with E-state index >= 15 is 0 Å². The van der Waals surface area contributed by atoms with Gasteiger partial charge in [-0.15, -0.1) is 0 Å². The Balaban J connectivity index is 2.36. The average Bonchev–Trinajstić information content (AvgIpc) is 2.30. The molecule has 0 radical (unpaired) electrons. The first-order valence-corrected chi connectivity index (χ1v) is 6.96. The number of carbonyl (C=O) groups excluding carboxylic acids is 3. The lowest BCUT2D eigenvalue weighted by Gasteiger charge is -2.44. The number of piperazine rings is 1. The summed E-state index contributed by atoms with van der Waals surface area (Å²) >= 11 is 2.23. The van der Waals surface area contributed by atoms with Gasteiger partial charge in [0.2, 0.25) is 11.8 Å². The molecule has 1 N–H and O–H groups in total. The number of hydrogen-bond acceptors (Lipinski definition) is 3. The number of hydrogen-bond donors (Lipinski definition) is 1. The quantitative estimate of drug-likeness (QED) is 0.657. The van der Waals surface area contributed by atoms with Gasteiger partial charge >= 0.3 is 0 Å². The van der Waals surface area contributed by atoms with E-state index in [0.29, 0.717) is 12.8 Å². The van der Waals surface area contributed by atoms with Gasteiger partial charge < -0.3 is 5.32 Å². The molecule has 5 nitrogen and oxygen atoms in total. The minimum absolute atomic E-state index is 0.255. The molecule has 1 aliphatic carbocycles. The Hall–Kier alpha value is -0.920. The van der Waals surface area contributed by atoms with Gasteiger partial charge in [0.25, 0.3) is 5.91 Å². The third-order valence-corrected chi connectivity index (χ3v) is 4.54. The molecule has 3 amide bonds. The van der Waals surface area contributed by atoms with E-state index in [0.717, 1.165) is 11.3 Å². The number of halogens is 1. The number of nitrogens with one attached hydrogen (secondary N) is 1. The number of rotatable bonds is 0. The second-order valence-electron chi connectivity index (χ2n) is 4.80. The summed E-state index contributed by atoms with van der Waals surface area (Å²) in [5.74, 6) is -0.900. The fourth-order valence-corrected chi connectivity index (χ4v) is 2.95. The van der Waals surface area contributed by atoms with Gasteiger partial charge in [-0.25, -0.2) is 0 Å². The highest BCUT2D eigenvalue weighted by atomic mass is 127. The molecule has 0 aromatic heterocycles. The number of allylic oxidation sites excluding steroid dienone is 1. The van der Waals surface area contributed by atoms with Gasteiger partial charge in [0.1, 0.15) is 11.6 Å². The van der Waals surface area contributed by atoms with Crippen LogP contribution in [-0.2, 0) is 14.4 Å². The summed E-state index contributed by atoms with van der Waals surface area (Å²) in [6.07, 6.45) is 3.73. The zero-order chi connectivity index (χ0) is 13.5. The van der Waals surface area contributed by atoms with Crippen molar-refractivity contribution < 1.29 is 14.4 Å². The molecule has 0 bridgehead atoms. The Bertz CT molecular complexity index is 460. The highest BCUT2D eigenvalue weighted by Gasteiger charge is 2.50. The molecule has 0 aromatic carbocycles. The van der Waals surface area contributed by atoms with Crippen molar-refractivity contribution >= 4 is 40.3 Å². The highest BCUT2D eigenvalue weighted by Crippen LogP contribution is 2.34. The zero-order valence-corrected chi connectivity index (χ0v) is 12.5. The lowest BCUT2D eigenvalue weighted by atomic mass is 9.81. The van der Waals surface area contributed by atoms with Crippen LogP contribution in [0.4, 0.5) is 0 Å². The fourth-order valence-electron chi connectivity index (χ4n) is 2.46. The molecule has 18 heavy (non-hydrogen) atoms. The SMILES string of the molecule is CC(=O)N1C(=O)C2(CC=C(I)CC2)NC(=O)C1C. The van der Waals surface area contributed by atoms with Crippen LogP contribution in [0.25, 0.3) is 0 Å². The molecule has 1 saturated heterocycles. The topological polar surface area (TPSA) is 66.5 Å². The number of amides is 3. The van der Waals surface area contributed by atoms with Crippen LogP contribution in [0.3, 0.4) is 0 Å². The van der Waals surface area contributed by atoms with E-state index in [1.807, 2.05) is 6.08 Å². The van der Waals surface area contributed by atoms with Gasteiger partial charge in [0.15, 0.2) is 0 Å². The first-order chi connectivity index (χ1) is 8.37. The maximum absolute atomic E-state index is 12.5. The molecule has 2 aliphatic rings. The second kappa shape index (κ2) is 4.64. The summed E-state index contributed by atoms with van der Waals surface area (Å²) in [6, 6.07) is -0.717. The Morgan fingerprint density at radius 3 is 2.72 bits per heavy atom. The molecule has 1 aliphatic heterocycles. The zero-order valence-electron chi connectivity index (χ0n) is 10.3. The number of carbonyl (C=O) groups is 3. The van der Waals surface area contributed by atoms with E-state index in [1.54, 1.807) is 6.92 Å². The summed E-state index contributed by atoms with van der Waals surface area (Å²) in [5, 5.41) is 2.81. The molecule has 98 valence electrons. The Morgan fingerprint density at radius 1 is 1.56 bits per heavy atom. The van der Waals surface area contributed by atoms with Gasteiger partial charge in [-0.3, -0.25) is 19.3 Å². The third-order valence-electron chi connectivity index (χ3n) is 3.56. The van der Waals surface area contributed by atoms with E-state index in [9.17, 15) is 14.4 Å². The smallest absolute Gasteiger partial charge is 0.255 e. The van der Waals surface area contributed by atoms with Crippen LogP contribution in [0, 0.1) is 0 Å². The first-order valence-electron chi connectivity index (χ1n) is 5.88. The van der Waals surface area contributed by atoms with Crippen molar-refractivity contribution in [2.24, 2.45) is 0 Å². The molecular formula is C12H15IN2O3. The summed E-state index contributed by atoms with van der Waals surface area (Å²) in [5.41, 5.74) is -0.913. The van der Waals surface area contributed by atoms with Gasteiger partial charge in [0.05, 0.1) is 0 Å². The molecule has 1 heterocycles. The Morgan fingerprint density at radius 2 is 2.22 bits per heavy atom. The first kappa shape index (κ1) is 13.5. The van der Waals surface area contributed by atoms with Gasteiger partial charge in [0, 0.05) is 6.92 Å². The predicted octanol–water partition coefficient (Wildman–Crippen LogP) is 1.12. The molecular weight excluding hydrogens is 347 g/mol. The number of imide groups is 1. The van der Waals surface area contributed by atoms with Crippen LogP contribution in [0.5, 0.6) is 0 Å². The lowest BCUT2D eigenvalue weighted by Crippen LogP contribution is -2.70. The molecule has 0 aromatic rings. The van der Waals surface area contributed by atoms with Gasteiger partial charge in [-0.1, -0.05) is 6.08 Å². The monoisotopic (exact) mass is 362 g/mol.